The highest BCUT2D eigenvalue weighted by molar-refractivity contribution is 5.97. The van der Waals surface area contributed by atoms with E-state index in [-0.39, 0.29) is 12.2 Å². The zero-order chi connectivity index (χ0) is 15.4. The lowest BCUT2D eigenvalue weighted by molar-refractivity contribution is -0.149. The fraction of sp³-hybridized carbons (Fsp3) is 0.467. The van der Waals surface area contributed by atoms with Crippen molar-refractivity contribution in [3.8, 4) is 0 Å². The van der Waals surface area contributed by atoms with Crippen molar-refractivity contribution in [1.29, 1.82) is 0 Å². The molecule has 0 saturated carbocycles. The van der Waals surface area contributed by atoms with Crippen molar-refractivity contribution in [2.75, 3.05) is 13.2 Å². The van der Waals surface area contributed by atoms with Gasteiger partial charge < -0.3 is 9.64 Å². The molecule has 21 heavy (non-hydrogen) atoms. The maximum atomic E-state index is 13.7. The minimum atomic E-state index is -0.923. The summed E-state index contributed by atoms with van der Waals surface area (Å²) in [4.78, 5) is 25.6. The molecule has 0 spiro atoms. The van der Waals surface area contributed by atoms with Gasteiger partial charge in [-0.3, -0.25) is 4.79 Å². The van der Waals surface area contributed by atoms with Crippen molar-refractivity contribution < 1.29 is 23.1 Å². The third-order valence-corrected chi connectivity index (χ3v) is 3.48. The number of halogens is 2. The minimum Gasteiger partial charge on any atom is -0.464 e. The molecule has 1 aliphatic rings. The SMILES string of the molecule is CCOC(=O)C1CCCCN1C(=O)c1ccc(F)cc1F. The van der Waals surface area contributed by atoms with E-state index in [4.69, 9.17) is 4.74 Å². The maximum Gasteiger partial charge on any atom is 0.328 e. The quantitative estimate of drug-likeness (QED) is 0.805. The van der Waals surface area contributed by atoms with Crippen LogP contribution in [0.3, 0.4) is 0 Å². The molecule has 0 aliphatic carbocycles. The van der Waals surface area contributed by atoms with Gasteiger partial charge in [0.2, 0.25) is 0 Å². The lowest BCUT2D eigenvalue weighted by Gasteiger charge is -2.34. The summed E-state index contributed by atoms with van der Waals surface area (Å²) in [6, 6.07) is 2.09. The van der Waals surface area contributed by atoms with Crippen LogP contribution in [0.1, 0.15) is 36.5 Å². The van der Waals surface area contributed by atoms with Crippen LogP contribution in [0.2, 0.25) is 0 Å². The third kappa shape index (κ3) is 3.37. The lowest BCUT2D eigenvalue weighted by Crippen LogP contribution is -2.48. The predicted octanol–water partition coefficient (Wildman–Crippen LogP) is 2.52. The summed E-state index contributed by atoms with van der Waals surface area (Å²) in [6.07, 6.45) is 2.04. The normalized spacial score (nSPS) is 18.4. The molecule has 114 valence electrons. The van der Waals surface area contributed by atoms with Crippen LogP contribution in [0.5, 0.6) is 0 Å². The van der Waals surface area contributed by atoms with E-state index in [1.54, 1.807) is 6.92 Å². The Labute approximate surface area is 121 Å². The van der Waals surface area contributed by atoms with Gasteiger partial charge in [0.05, 0.1) is 12.2 Å². The number of nitrogens with zero attached hydrogens (tertiary/aromatic N) is 1. The lowest BCUT2D eigenvalue weighted by atomic mass is 10.0. The first-order valence-corrected chi connectivity index (χ1v) is 6.97. The second-order valence-corrected chi connectivity index (χ2v) is 4.89. The highest BCUT2D eigenvalue weighted by atomic mass is 19.1. The van der Waals surface area contributed by atoms with Gasteiger partial charge in [0, 0.05) is 12.6 Å². The van der Waals surface area contributed by atoms with E-state index < -0.39 is 29.6 Å². The van der Waals surface area contributed by atoms with Gasteiger partial charge >= 0.3 is 5.97 Å². The van der Waals surface area contributed by atoms with Gasteiger partial charge in [-0.25, -0.2) is 13.6 Å². The van der Waals surface area contributed by atoms with E-state index in [1.165, 1.54) is 4.90 Å². The van der Waals surface area contributed by atoms with Crippen LogP contribution in [0.4, 0.5) is 8.78 Å². The molecule has 1 heterocycles. The molecule has 1 atom stereocenters. The number of carbonyl (C=O) groups is 2. The molecule has 1 fully saturated rings. The molecule has 1 aliphatic heterocycles. The van der Waals surface area contributed by atoms with Crippen LogP contribution in [0.25, 0.3) is 0 Å². The number of likely N-dealkylation sites (tertiary alicyclic amines) is 1. The smallest absolute Gasteiger partial charge is 0.328 e. The third-order valence-electron chi connectivity index (χ3n) is 3.48. The number of carbonyl (C=O) groups excluding carboxylic acids is 2. The van der Waals surface area contributed by atoms with Crippen LogP contribution in [-0.2, 0) is 9.53 Å². The first-order chi connectivity index (χ1) is 10.0. The summed E-state index contributed by atoms with van der Waals surface area (Å²) < 4.78 is 31.6. The Morgan fingerprint density at radius 2 is 2.10 bits per heavy atom. The second-order valence-electron chi connectivity index (χ2n) is 4.89. The first kappa shape index (κ1) is 15.4. The van der Waals surface area contributed by atoms with E-state index in [9.17, 15) is 18.4 Å². The molecule has 1 aromatic carbocycles. The Balaban J connectivity index is 2.24. The molecule has 6 heteroatoms. The van der Waals surface area contributed by atoms with Gasteiger partial charge in [0.15, 0.2) is 0 Å². The maximum absolute atomic E-state index is 13.7. The first-order valence-electron chi connectivity index (χ1n) is 6.97. The van der Waals surface area contributed by atoms with Gasteiger partial charge in [-0.15, -0.1) is 0 Å². The van der Waals surface area contributed by atoms with Gasteiger partial charge in [-0.1, -0.05) is 0 Å². The Morgan fingerprint density at radius 3 is 2.76 bits per heavy atom. The van der Waals surface area contributed by atoms with Gasteiger partial charge in [-0.05, 0) is 38.3 Å². The molecular weight excluding hydrogens is 280 g/mol. The van der Waals surface area contributed by atoms with E-state index >= 15 is 0 Å². The van der Waals surface area contributed by atoms with Crippen molar-refractivity contribution in [2.45, 2.75) is 32.2 Å². The van der Waals surface area contributed by atoms with Crippen LogP contribution >= 0.6 is 0 Å². The minimum absolute atomic E-state index is 0.224. The van der Waals surface area contributed by atoms with E-state index in [2.05, 4.69) is 0 Å². The number of ether oxygens (including phenoxy) is 1. The summed E-state index contributed by atoms with van der Waals surface area (Å²) in [5.41, 5.74) is -0.229. The van der Waals surface area contributed by atoms with Crippen LogP contribution in [-0.4, -0.2) is 36.0 Å². The Bertz CT molecular complexity index is 548. The topological polar surface area (TPSA) is 46.6 Å². The largest absolute Gasteiger partial charge is 0.464 e. The Hall–Kier alpha value is -1.98. The number of benzene rings is 1. The van der Waals surface area contributed by atoms with Crippen LogP contribution in [0.15, 0.2) is 18.2 Å². The van der Waals surface area contributed by atoms with Crippen molar-refractivity contribution in [3.05, 3.63) is 35.4 Å². The number of piperidine rings is 1. The number of amides is 1. The summed E-state index contributed by atoms with van der Waals surface area (Å²) in [7, 11) is 0. The summed E-state index contributed by atoms with van der Waals surface area (Å²) in [6.45, 7) is 2.27. The molecule has 0 N–H and O–H groups in total. The van der Waals surface area contributed by atoms with Gasteiger partial charge in [0.25, 0.3) is 5.91 Å². The fourth-order valence-corrected chi connectivity index (χ4v) is 2.48. The molecule has 0 aromatic heterocycles. The molecule has 1 aromatic rings. The molecule has 0 bridgehead atoms. The summed E-state index contributed by atoms with van der Waals surface area (Å²) >= 11 is 0. The summed E-state index contributed by atoms with van der Waals surface area (Å²) in [5.74, 6) is -2.75. The Morgan fingerprint density at radius 1 is 1.33 bits per heavy atom. The average molecular weight is 297 g/mol. The van der Waals surface area contributed by atoms with E-state index in [0.717, 1.165) is 25.0 Å². The molecular formula is C15H17F2NO3. The highest BCUT2D eigenvalue weighted by Crippen LogP contribution is 2.22. The molecule has 1 amide bonds. The van der Waals surface area contributed by atoms with Crippen molar-refractivity contribution in [3.63, 3.8) is 0 Å². The zero-order valence-electron chi connectivity index (χ0n) is 11.8. The highest BCUT2D eigenvalue weighted by Gasteiger charge is 2.34. The van der Waals surface area contributed by atoms with Gasteiger partial charge in [-0.2, -0.15) is 0 Å². The number of esters is 1. The molecule has 1 unspecified atom stereocenters. The van der Waals surface area contributed by atoms with E-state index in [1.807, 2.05) is 0 Å². The van der Waals surface area contributed by atoms with E-state index in [0.29, 0.717) is 19.0 Å². The fourth-order valence-electron chi connectivity index (χ4n) is 2.48. The number of rotatable bonds is 3. The summed E-state index contributed by atoms with van der Waals surface area (Å²) in [5, 5.41) is 0. The average Bonchev–Trinajstić information content (AvgIpc) is 2.47. The molecule has 0 radical (unpaired) electrons. The number of hydrogen-bond donors (Lipinski definition) is 0. The molecule has 4 nitrogen and oxygen atoms in total. The monoisotopic (exact) mass is 297 g/mol. The second kappa shape index (κ2) is 6.65. The van der Waals surface area contributed by atoms with Crippen molar-refractivity contribution in [1.82, 2.24) is 4.90 Å². The molecule has 2 rings (SSSR count). The standard InChI is InChI=1S/C15H17F2NO3/c1-2-21-15(20)13-5-3-4-8-18(13)14(19)11-7-6-10(16)9-12(11)17/h6-7,9,13H,2-5,8H2,1H3. The molecule has 1 saturated heterocycles. The van der Waals surface area contributed by atoms with Gasteiger partial charge in [0.1, 0.15) is 17.7 Å². The van der Waals surface area contributed by atoms with Crippen LogP contribution < -0.4 is 0 Å². The van der Waals surface area contributed by atoms with Crippen LogP contribution in [0, 0.1) is 11.6 Å². The zero-order valence-corrected chi connectivity index (χ0v) is 11.8. The van der Waals surface area contributed by atoms with Crippen molar-refractivity contribution >= 4 is 11.9 Å². The number of hydrogen-bond acceptors (Lipinski definition) is 3. The predicted molar refractivity (Wildman–Crippen MR) is 71.7 cm³/mol. The Kier molecular flexibility index (Phi) is 4.88. The van der Waals surface area contributed by atoms with Crippen molar-refractivity contribution in [2.24, 2.45) is 0 Å².